The van der Waals surface area contributed by atoms with E-state index in [4.69, 9.17) is 0 Å². The zero-order chi connectivity index (χ0) is 19.7. The summed E-state index contributed by atoms with van der Waals surface area (Å²) in [6.45, 7) is 8.42. The largest absolute Gasteiger partial charge is 0.371 e. The molecule has 0 saturated carbocycles. The Hall–Kier alpha value is -2.41. The SMILES string of the molecule is CC.O=C1CCC(n2ncc3c(N4CCC5(CC4)CNC5)cccc32)C(=O)N1. The lowest BCUT2D eigenvalue weighted by atomic mass is 9.73. The summed E-state index contributed by atoms with van der Waals surface area (Å²) in [5, 5.41) is 11.4. The van der Waals surface area contributed by atoms with Gasteiger partial charge in [0.1, 0.15) is 6.04 Å². The first-order valence-electron chi connectivity index (χ1n) is 10.4. The molecule has 2 amide bonds. The third-order valence-electron chi connectivity index (χ3n) is 6.29. The molecule has 1 unspecified atom stereocenters. The Bertz CT molecular complexity index is 876. The van der Waals surface area contributed by atoms with E-state index in [-0.39, 0.29) is 11.8 Å². The highest BCUT2D eigenvalue weighted by atomic mass is 16.2. The van der Waals surface area contributed by atoms with Crippen LogP contribution in [0.5, 0.6) is 0 Å². The number of rotatable bonds is 2. The maximum Gasteiger partial charge on any atom is 0.251 e. The summed E-state index contributed by atoms with van der Waals surface area (Å²) in [7, 11) is 0. The van der Waals surface area contributed by atoms with Crippen LogP contribution in [-0.4, -0.2) is 47.8 Å². The number of hydrogen-bond acceptors (Lipinski definition) is 5. The zero-order valence-electron chi connectivity index (χ0n) is 16.7. The average molecular weight is 383 g/mol. The number of aromatic nitrogens is 2. The Morgan fingerprint density at radius 1 is 1.14 bits per heavy atom. The smallest absolute Gasteiger partial charge is 0.251 e. The molecule has 0 radical (unpaired) electrons. The topological polar surface area (TPSA) is 79.3 Å². The van der Waals surface area contributed by atoms with Gasteiger partial charge in [-0.15, -0.1) is 0 Å². The summed E-state index contributed by atoms with van der Waals surface area (Å²) in [5.41, 5.74) is 2.67. The molecule has 28 heavy (non-hydrogen) atoms. The van der Waals surface area contributed by atoms with Gasteiger partial charge in [-0.25, -0.2) is 0 Å². The Kier molecular flexibility index (Phi) is 5.10. The Morgan fingerprint density at radius 3 is 2.54 bits per heavy atom. The molecule has 4 heterocycles. The third kappa shape index (κ3) is 3.17. The van der Waals surface area contributed by atoms with Crippen LogP contribution in [-0.2, 0) is 9.59 Å². The van der Waals surface area contributed by atoms with Crippen molar-refractivity contribution in [3.63, 3.8) is 0 Å². The standard InChI is InChI=1S/C19H23N5O2.C2H6/c25-17-5-4-16(18(26)22-17)24-15-3-1-2-14(13(15)10-21-24)23-8-6-19(7-9-23)11-20-12-19;1-2/h1-3,10,16,20H,4-9,11-12H2,(H,22,25,26);1-2H3. The molecule has 7 heteroatoms. The van der Waals surface area contributed by atoms with Gasteiger partial charge in [0.05, 0.1) is 11.7 Å². The molecule has 150 valence electrons. The second-order valence-corrected chi connectivity index (χ2v) is 7.86. The summed E-state index contributed by atoms with van der Waals surface area (Å²) < 4.78 is 1.78. The number of hydrogen-bond donors (Lipinski definition) is 2. The first kappa shape index (κ1) is 18.9. The minimum absolute atomic E-state index is 0.198. The number of carbonyl (C=O) groups excluding carboxylic acids is 2. The van der Waals surface area contributed by atoms with Crippen LogP contribution in [0.15, 0.2) is 24.4 Å². The van der Waals surface area contributed by atoms with Gasteiger partial charge in [0.25, 0.3) is 5.91 Å². The van der Waals surface area contributed by atoms with Gasteiger partial charge in [0.2, 0.25) is 5.91 Å². The van der Waals surface area contributed by atoms with Crippen molar-refractivity contribution in [3.8, 4) is 0 Å². The highest BCUT2D eigenvalue weighted by Crippen LogP contribution is 2.38. The second kappa shape index (κ2) is 7.54. The molecule has 0 aliphatic carbocycles. The molecular formula is C21H29N5O2. The van der Waals surface area contributed by atoms with Gasteiger partial charge in [-0.2, -0.15) is 5.10 Å². The number of benzene rings is 1. The van der Waals surface area contributed by atoms with E-state index in [2.05, 4.69) is 26.7 Å². The van der Waals surface area contributed by atoms with E-state index in [1.807, 2.05) is 32.2 Å². The van der Waals surface area contributed by atoms with Gasteiger partial charge in [-0.1, -0.05) is 19.9 Å². The van der Waals surface area contributed by atoms with Crippen molar-refractivity contribution in [2.24, 2.45) is 5.41 Å². The highest BCUT2D eigenvalue weighted by Gasteiger charge is 2.40. The lowest BCUT2D eigenvalue weighted by Gasteiger charge is -2.49. The number of anilines is 1. The van der Waals surface area contributed by atoms with Crippen molar-refractivity contribution in [2.45, 2.75) is 45.6 Å². The molecule has 5 rings (SSSR count). The predicted octanol–water partition coefficient (Wildman–Crippen LogP) is 2.23. The normalized spacial score (nSPS) is 23.8. The molecule has 7 nitrogen and oxygen atoms in total. The Labute approximate surface area is 165 Å². The number of nitrogens with one attached hydrogen (secondary N) is 2. The Balaban J connectivity index is 0.000000932. The van der Waals surface area contributed by atoms with E-state index >= 15 is 0 Å². The van der Waals surface area contributed by atoms with Gasteiger partial charge in [-0.3, -0.25) is 19.6 Å². The molecule has 3 saturated heterocycles. The first-order chi connectivity index (χ1) is 13.7. The lowest BCUT2D eigenvalue weighted by molar-refractivity contribution is -0.135. The number of amides is 2. The van der Waals surface area contributed by atoms with Gasteiger partial charge in [-0.05, 0) is 36.8 Å². The number of piperidine rings is 2. The number of nitrogens with zero attached hydrogens (tertiary/aromatic N) is 3. The third-order valence-corrected chi connectivity index (χ3v) is 6.29. The van der Waals surface area contributed by atoms with E-state index in [0.717, 1.165) is 37.1 Å². The number of carbonyl (C=O) groups is 2. The molecular weight excluding hydrogens is 354 g/mol. The molecule has 1 aromatic carbocycles. The summed E-state index contributed by atoms with van der Waals surface area (Å²) in [4.78, 5) is 26.1. The molecule has 2 N–H and O–H groups in total. The minimum Gasteiger partial charge on any atom is -0.371 e. The van der Waals surface area contributed by atoms with Gasteiger partial charge >= 0.3 is 0 Å². The molecule has 1 aromatic heterocycles. The van der Waals surface area contributed by atoms with Gasteiger partial charge in [0.15, 0.2) is 0 Å². The molecule has 3 aliphatic rings. The van der Waals surface area contributed by atoms with Crippen LogP contribution in [0.3, 0.4) is 0 Å². The van der Waals surface area contributed by atoms with Crippen LogP contribution in [0.2, 0.25) is 0 Å². The van der Waals surface area contributed by atoms with Crippen LogP contribution in [0.4, 0.5) is 5.69 Å². The van der Waals surface area contributed by atoms with Crippen molar-refractivity contribution in [1.29, 1.82) is 0 Å². The summed E-state index contributed by atoms with van der Waals surface area (Å²) in [6.07, 6.45) is 5.17. The van der Waals surface area contributed by atoms with E-state index in [0.29, 0.717) is 18.3 Å². The van der Waals surface area contributed by atoms with E-state index in [1.54, 1.807) is 4.68 Å². The van der Waals surface area contributed by atoms with Crippen molar-refractivity contribution in [1.82, 2.24) is 20.4 Å². The summed E-state index contributed by atoms with van der Waals surface area (Å²) in [5.74, 6) is -0.454. The van der Waals surface area contributed by atoms with Crippen molar-refractivity contribution in [3.05, 3.63) is 24.4 Å². The fourth-order valence-corrected chi connectivity index (χ4v) is 4.55. The first-order valence-corrected chi connectivity index (χ1v) is 10.4. The van der Waals surface area contributed by atoms with Crippen molar-refractivity contribution >= 4 is 28.4 Å². The maximum absolute atomic E-state index is 12.2. The molecule has 3 aliphatic heterocycles. The van der Waals surface area contributed by atoms with Crippen molar-refractivity contribution < 1.29 is 9.59 Å². The van der Waals surface area contributed by atoms with E-state index in [9.17, 15) is 9.59 Å². The highest BCUT2D eigenvalue weighted by molar-refractivity contribution is 6.00. The van der Waals surface area contributed by atoms with Crippen LogP contribution < -0.4 is 15.5 Å². The predicted molar refractivity (Wildman–Crippen MR) is 109 cm³/mol. The molecule has 0 bridgehead atoms. The Morgan fingerprint density at radius 2 is 1.89 bits per heavy atom. The zero-order valence-corrected chi connectivity index (χ0v) is 16.7. The molecule has 1 atom stereocenters. The number of imide groups is 1. The van der Waals surface area contributed by atoms with Gasteiger partial charge < -0.3 is 10.2 Å². The quantitative estimate of drug-likeness (QED) is 0.778. The van der Waals surface area contributed by atoms with Crippen LogP contribution >= 0.6 is 0 Å². The number of fused-ring (bicyclic) bond motifs is 1. The average Bonchev–Trinajstić information content (AvgIpc) is 3.12. The fourth-order valence-electron chi connectivity index (χ4n) is 4.55. The fraction of sp³-hybridized carbons (Fsp3) is 0.571. The van der Waals surface area contributed by atoms with E-state index < -0.39 is 6.04 Å². The second-order valence-electron chi connectivity index (χ2n) is 7.86. The maximum atomic E-state index is 12.2. The van der Waals surface area contributed by atoms with Gasteiger partial charge in [0, 0.05) is 43.7 Å². The summed E-state index contributed by atoms with van der Waals surface area (Å²) >= 11 is 0. The van der Waals surface area contributed by atoms with Crippen molar-refractivity contribution in [2.75, 3.05) is 31.1 Å². The van der Waals surface area contributed by atoms with Crippen LogP contribution in [0, 0.1) is 5.41 Å². The van der Waals surface area contributed by atoms with Crippen LogP contribution in [0.25, 0.3) is 10.9 Å². The van der Waals surface area contributed by atoms with Crippen LogP contribution in [0.1, 0.15) is 45.6 Å². The molecule has 3 fully saturated rings. The molecule has 1 spiro atoms. The monoisotopic (exact) mass is 383 g/mol. The minimum atomic E-state index is -0.411. The summed E-state index contributed by atoms with van der Waals surface area (Å²) in [6, 6.07) is 5.79. The lowest BCUT2D eigenvalue weighted by Crippen LogP contribution is -2.58. The van der Waals surface area contributed by atoms with E-state index in [1.165, 1.54) is 18.5 Å². The molecule has 2 aromatic rings.